The van der Waals surface area contributed by atoms with Gasteiger partial charge in [-0.15, -0.1) is 0 Å². The molecule has 0 radical (unpaired) electrons. The van der Waals surface area contributed by atoms with Crippen molar-refractivity contribution < 1.29 is 4.79 Å². The molecule has 0 aliphatic carbocycles. The van der Waals surface area contributed by atoms with Crippen LogP contribution < -0.4 is 10.6 Å². The Labute approximate surface area is 188 Å². The molecule has 4 rings (SSSR count). The van der Waals surface area contributed by atoms with Crippen molar-refractivity contribution in [2.45, 2.75) is 39.2 Å². The van der Waals surface area contributed by atoms with Gasteiger partial charge in [0, 0.05) is 11.6 Å². The Morgan fingerprint density at radius 3 is 2.66 bits per heavy atom. The number of benzene rings is 2. The molecule has 0 saturated heterocycles. The Morgan fingerprint density at radius 2 is 1.84 bits per heavy atom. The minimum absolute atomic E-state index is 0.0619. The number of carbonyl (C=O) groups excluding carboxylic acids is 1. The summed E-state index contributed by atoms with van der Waals surface area (Å²) in [7, 11) is 0. The first-order valence-electron chi connectivity index (χ1n) is 10.9. The van der Waals surface area contributed by atoms with Gasteiger partial charge in [0.15, 0.2) is 5.65 Å². The fourth-order valence-electron chi connectivity index (χ4n) is 3.62. The van der Waals surface area contributed by atoms with E-state index in [1.54, 1.807) is 12.3 Å². The molecule has 1 unspecified atom stereocenters. The Balaban J connectivity index is 1.36. The second kappa shape index (κ2) is 10.0. The number of aryl methyl sites for hydroxylation is 2. The number of urea groups is 1. The summed E-state index contributed by atoms with van der Waals surface area (Å²) in [6.07, 6.45) is 4.66. The summed E-state index contributed by atoms with van der Waals surface area (Å²) in [5.74, 6) is 0.446. The fourth-order valence-corrected chi connectivity index (χ4v) is 3.62. The lowest BCUT2D eigenvalue weighted by molar-refractivity contribution is 0.248. The minimum atomic E-state index is -0.271. The zero-order valence-corrected chi connectivity index (χ0v) is 18.4. The number of rotatable bonds is 7. The van der Waals surface area contributed by atoms with E-state index in [2.05, 4.69) is 55.9 Å². The number of nitrogens with one attached hydrogen (secondary N) is 2. The first-order valence-corrected chi connectivity index (χ1v) is 10.9. The predicted molar refractivity (Wildman–Crippen MR) is 129 cm³/mol. The van der Waals surface area contributed by atoms with E-state index in [0.29, 0.717) is 17.0 Å². The maximum atomic E-state index is 12.4. The number of pyridine rings is 1. The summed E-state index contributed by atoms with van der Waals surface area (Å²) < 4.78 is 0. The number of carbonyl (C=O) groups is 1. The summed E-state index contributed by atoms with van der Waals surface area (Å²) in [6.45, 7) is 4.05. The summed E-state index contributed by atoms with van der Waals surface area (Å²) in [5, 5.41) is 5.79. The lowest BCUT2D eigenvalue weighted by Gasteiger charge is -2.14. The molecule has 2 N–H and O–H groups in total. The molecular formula is C26H27N5O. The summed E-state index contributed by atoms with van der Waals surface area (Å²) in [6, 6.07) is 21.8. The van der Waals surface area contributed by atoms with E-state index in [-0.39, 0.29) is 12.1 Å². The number of amides is 2. The van der Waals surface area contributed by atoms with E-state index in [0.717, 1.165) is 36.1 Å². The van der Waals surface area contributed by atoms with E-state index >= 15 is 0 Å². The maximum Gasteiger partial charge on any atom is 0.320 e. The highest BCUT2D eigenvalue weighted by Crippen LogP contribution is 2.20. The van der Waals surface area contributed by atoms with E-state index in [4.69, 9.17) is 0 Å². The van der Waals surface area contributed by atoms with Crippen LogP contribution in [0.2, 0.25) is 0 Å². The van der Waals surface area contributed by atoms with Crippen molar-refractivity contribution in [3.05, 3.63) is 84.1 Å². The van der Waals surface area contributed by atoms with Gasteiger partial charge >= 0.3 is 6.03 Å². The molecule has 2 heterocycles. The molecule has 162 valence electrons. The van der Waals surface area contributed by atoms with Crippen molar-refractivity contribution in [1.82, 2.24) is 20.3 Å². The quantitative estimate of drug-likeness (QED) is 0.408. The number of hydrogen-bond donors (Lipinski definition) is 2. The van der Waals surface area contributed by atoms with Crippen LogP contribution in [0.4, 0.5) is 10.6 Å². The van der Waals surface area contributed by atoms with Crippen LogP contribution in [0.25, 0.3) is 22.4 Å². The SMILES string of the molecule is Cc1cccc(-c2cnc3ccc(NC(=O)NC(C)CCCc4ccccc4)nc3n2)c1. The van der Waals surface area contributed by atoms with Gasteiger partial charge in [-0.3, -0.25) is 10.3 Å². The van der Waals surface area contributed by atoms with Gasteiger partial charge in [0.1, 0.15) is 11.3 Å². The summed E-state index contributed by atoms with van der Waals surface area (Å²) in [4.78, 5) is 26.0. The van der Waals surface area contributed by atoms with Crippen LogP contribution in [0, 0.1) is 6.92 Å². The third-order valence-electron chi connectivity index (χ3n) is 5.29. The number of nitrogens with zero attached hydrogens (tertiary/aromatic N) is 3. The third kappa shape index (κ3) is 5.66. The standard InChI is InChI=1S/C26H27N5O/c1-18-8-6-13-21(16-18)23-17-27-22-14-15-24(30-25(22)29-23)31-26(32)28-19(2)9-7-12-20-10-4-3-5-11-20/h3-6,8,10-11,13-17,19H,7,9,12H2,1-2H3,(H2,28,29,30,31,32). The van der Waals surface area contributed by atoms with Gasteiger partial charge in [-0.25, -0.2) is 14.8 Å². The first kappa shape index (κ1) is 21.4. The zero-order chi connectivity index (χ0) is 22.3. The lowest BCUT2D eigenvalue weighted by Crippen LogP contribution is -2.36. The maximum absolute atomic E-state index is 12.4. The summed E-state index contributed by atoms with van der Waals surface area (Å²) in [5.41, 5.74) is 5.39. The van der Waals surface area contributed by atoms with Crippen molar-refractivity contribution in [3.63, 3.8) is 0 Å². The second-order valence-electron chi connectivity index (χ2n) is 8.04. The smallest absolute Gasteiger partial charge is 0.320 e. The van der Waals surface area contributed by atoms with Crippen molar-refractivity contribution in [1.29, 1.82) is 0 Å². The molecule has 4 aromatic rings. The number of fused-ring (bicyclic) bond motifs is 1. The fraction of sp³-hybridized carbons (Fsp3) is 0.231. The van der Waals surface area contributed by atoms with Gasteiger partial charge in [-0.05, 0) is 56.9 Å². The lowest BCUT2D eigenvalue weighted by atomic mass is 10.1. The van der Waals surface area contributed by atoms with Gasteiger partial charge in [0.25, 0.3) is 0 Å². The van der Waals surface area contributed by atoms with Gasteiger partial charge in [0.05, 0.1) is 11.9 Å². The second-order valence-corrected chi connectivity index (χ2v) is 8.04. The van der Waals surface area contributed by atoms with Crippen LogP contribution in [0.15, 0.2) is 72.9 Å². The Kier molecular flexibility index (Phi) is 6.70. The average Bonchev–Trinajstić information content (AvgIpc) is 2.79. The highest BCUT2D eigenvalue weighted by Gasteiger charge is 2.10. The van der Waals surface area contributed by atoms with E-state index in [1.807, 2.05) is 44.2 Å². The molecule has 2 amide bonds. The van der Waals surface area contributed by atoms with Crippen LogP contribution in [0.3, 0.4) is 0 Å². The van der Waals surface area contributed by atoms with Gasteiger partial charge in [-0.1, -0.05) is 54.1 Å². The first-order chi connectivity index (χ1) is 15.6. The third-order valence-corrected chi connectivity index (χ3v) is 5.29. The molecule has 0 aliphatic heterocycles. The van der Waals surface area contributed by atoms with Crippen molar-refractivity contribution in [2.24, 2.45) is 0 Å². The Bertz CT molecular complexity index is 1210. The van der Waals surface area contributed by atoms with Gasteiger partial charge in [0.2, 0.25) is 0 Å². The molecule has 0 bridgehead atoms. The van der Waals surface area contributed by atoms with Gasteiger partial charge in [-0.2, -0.15) is 0 Å². The van der Waals surface area contributed by atoms with E-state index < -0.39 is 0 Å². The predicted octanol–water partition coefficient (Wildman–Crippen LogP) is 5.53. The molecule has 0 spiro atoms. The Morgan fingerprint density at radius 1 is 1.00 bits per heavy atom. The zero-order valence-electron chi connectivity index (χ0n) is 18.4. The van der Waals surface area contributed by atoms with Crippen LogP contribution in [0.1, 0.15) is 30.9 Å². The molecule has 2 aromatic heterocycles. The largest absolute Gasteiger partial charge is 0.335 e. The van der Waals surface area contributed by atoms with Crippen LogP contribution in [0.5, 0.6) is 0 Å². The normalized spacial score (nSPS) is 11.8. The van der Waals surface area contributed by atoms with Crippen molar-refractivity contribution in [3.8, 4) is 11.3 Å². The van der Waals surface area contributed by atoms with Crippen LogP contribution in [-0.4, -0.2) is 27.0 Å². The minimum Gasteiger partial charge on any atom is -0.335 e. The number of anilines is 1. The van der Waals surface area contributed by atoms with Gasteiger partial charge < -0.3 is 5.32 Å². The molecule has 0 saturated carbocycles. The highest BCUT2D eigenvalue weighted by atomic mass is 16.2. The number of aromatic nitrogens is 3. The van der Waals surface area contributed by atoms with Crippen LogP contribution in [-0.2, 0) is 6.42 Å². The molecule has 6 heteroatoms. The molecule has 2 aromatic carbocycles. The monoisotopic (exact) mass is 425 g/mol. The molecule has 6 nitrogen and oxygen atoms in total. The average molecular weight is 426 g/mol. The Hall–Kier alpha value is -3.80. The molecule has 1 atom stereocenters. The number of hydrogen-bond acceptors (Lipinski definition) is 4. The van der Waals surface area contributed by atoms with E-state index in [9.17, 15) is 4.79 Å². The highest BCUT2D eigenvalue weighted by molar-refractivity contribution is 5.89. The molecule has 0 aliphatic rings. The topological polar surface area (TPSA) is 79.8 Å². The molecule has 32 heavy (non-hydrogen) atoms. The molecule has 0 fully saturated rings. The van der Waals surface area contributed by atoms with Crippen molar-refractivity contribution >= 4 is 23.0 Å². The van der Waals surface area contributed by atoms with Crippen molar-refractivity contribution in [2.75, 3.05) is 5.32 Å². The van der Waals surface area contributed by atoms with E-state index in [1.165, 1.54) is 5.56 Å². The summed E-state index contributed by atoms with van der Waals surface area (Å²) >= 11 is 0. The van der Waals surface area contributed by atoms with Crippen LogP contribution >= 0.6 is 0 Å². The molecular weight excluding hydrogens is 398 g/mol.